The number of anilines is 3. The van der Waals surface area contributed by atoms with Gasteiger partial charge in [0.1, 0.15) is 0 Å². The van der Waals surface area contributed by atoms with Crippen LogP contribution in [0.4, 0.5) is 17.1 Å². The Morgan fingerprint density at radius 1 is 0.266 bits per heavy atom. The Hall–Kier alpha value is -8.00. The Balaban J connectivity index is 1.14. The predicted molar refractivity (Wildman–Crippen MR) is 271 cm³/mol. The van der Waals surface area contributed by atoms with E-state index in [1.165, 1.54) is 77.9 Å². The Morgan fingerprint density at radius 3 is 1.36 bits per heavy atom. The summed E-state index contributed by atoms with van der Waals surface area (Å²) in [5, 5.41) is 0. The zero-order valence-electron chi connectivity index (χ0n) is 36.1. The predicted octanol–water partition coefficient (Wildman–Crippen LogP) is 17.5. The van der Waals surface area contributed by atoms with Gasteiger partial charge in [0.25, 0.3) is 0 Å². The molecular weight excluding hydrogens is 771 g/mol. The van der Waals surface area contributed by atoms with Gasteiger partial charge in [-0.2, -0.15) is 0 Å². The molecule has 1 aliphatic carbocycles. The van der Waals surface area contributed by atoms with Gasteiger partial charge >= 0.3 is 0 Å². The summed E-state index contributed by atoms with van der Waals surface area (Å²) in [6.45, 7) is 4.74. The van der Waals surface area contributed by atoms with Crippen molar-refractivity contribution in [3.05, 3.63) is 260 Å². The van der Waals surface area contributed by atoms with Crippen molar-refractivity contribution in [1.82, 2.24) is 0 Å². The minimum Gasteiger partial charge on any atom is -0.309 e. The third kappa shape index (κ3) is 6.83. The quantitative estimate of drug-likeness (QED) is 0.140. The molecule has 0 unspecified atom stereocenters. The van der Waals surface area contributed by atoms with Crippen LogP contribution in [0.15, 0.2) is 249 Å². The second kappa shape index (κ2) is 16.4. The van der Waals surface area contributed by atoms with E-state index in [0.29, 0.717) is 0 Å². The largest absolute Gasteiger partial charge is 0.309 e. The maximum absolute atomic E-state index is 2.49. The SMILES string of the molecule is CC1(C)c2ccccc2-c2cccc(-c3ccc(N(c4ccccc4-c4ccc(-c5ccccc5)cc4)c4cccc(-c5ccccc5)c4-c4ccccc4-c4ccccc4)cc3)c21. The Labute approximate surface area is 377 Å². The van der Waals surface area contributed by atoms with Crippen LogP contribution in [0.2, 0.25) is 0 Å². The van der Waals surface area contributed by atoms with Crippen molar-refractivity contribution in [3.8, 4) is 77.9 Å². The van der Waals surface area contributed by atoms with Crippen molar-refractivity contribution in [2.24, 2.45) is 0 Å². The van der Waals surface area contributed by atoms with Crippen molar-refractivity contribution in [3.63, 3.8) is 0 Å². The summed E-state index contributed by atoms with van der Waals surface area (Å²) in [5.74, 6) is 0. The van der Waals surface area contributed by atoms with E-state index in [-0.39, 0.29) is 5.41 Å². The van der Waals surface area contributed by atoms with Crippen molar-refractivity contribution in [1.29, 1.82) is 0 Å². The number of benzene rings is 10. The lowest BCUT2D eigenvalue weighted by molar-refractivity contribution is 0.662. The van der Waals surface area contributed by atoms with Gasteiger partial charge in [-0.05, 0) is 102 Å². The molecule has 0 aromatic heterocycles. The van der Waals surface area contributed by atoms with Crippen molar-refractivity contribution in [2.75, 3.05) is 4.90 Å². The molecule has 0 saturated heterocycles. The minimum absolute atomic E-state index is 0.124. The van der Waals surface area contributed by atoms with Crippen LogP contribution >= 0.6 is 0 Å². The monoisotopic (exact) mass is 817 g/mol. The first kappa shape index (κ1) is 38.9. The summed E-state index contributed by atoms with van der Waals surface area (Å²) in [5.41, 5.74) is 22.9. The van der Waals surface area contributed by atoms with Crippen LogP contribution in [-0.2, 0) is 5.41 Å². The molecule has 0 amide bonds. The van der Waals surface area contributed by atoms with Crippen molar-refractivity contribution < 1.29 is 0 Å². The molecule has 0 saturated carbocycles. The molecule has 0 N–H and O–H groups in total. The second-order valence-corrected chi connectivity index (χ2v) is 17.2. The lowest BCUT2D eigenvalue weighted by atomic mass is 9.79. The standard InChI is InChI=1S/C63H47N/c1-63(2)58-33-16-14-28-55(58)57-32-18-31-54(62(57)63)49-40-42-50(43-41-49)64(59-34-17-15-27-52(59)48-38-36-45(37-39-48)44-20-6-3-7-21-44)60-35-19-30-53(47-24-10-5-11-25-47)61(60)56-29-13-12-26-51(56)46-22-8-4-9-23-46/h3-43H,1-2H3. The highest BCUT2D eigenvalue weighted by Crippen LogP contribution is 2.53. The lowest BCUT2D eigenvalue weighted by Gasteiger charge is -2.32. The number of rotatable bonds is 9. The summed E-state index contributed by atoms with van der Waals surface area (Å²) in [7, 11) is 0. The van der Waals surface area contributed by atoms with E-state index in [1.807, 2.05) is 0 Å². The number of hydrogen-bond donors (Lipinski definition) is 0. The first-order valence-electron chi connectivity index (χ1n) is 22.3. The Bertz CT molecular complexity index is 3260. The molecule has 64 heavy (non-hydrogen) atoms. The molecule has 0 spiro atoms. The zero-order chi connectivity index (χ0) is 43.0. The highest BCUT2D eigenvalue weighted by atomic mass is 15.1. The van der Waals surface area contributed by atoms with Crippen LogP contribution in [0.3, 0.4) is 0 Å². The molecule has 10 aromatic carbocycles. The van der Waals surface area contributed by atoms with Crippen LogP contribution in [0, 0.1) is 0 Å². The molecule has 1 nitrogen and oxygen atoms in total. The molecule has 1 aliphatic rings. The number of fused-ring (bicyclic) bond motifs is 3. The van der Waals surface area contributed by atoms with Crippen molar-refractivity contribution in [2.45, 2.75) is 19.3 Å². The number of hydrogen-bond acceptors (Lipinski definition) is 1. The highest BCUT2D eigenvalue weighted by molar-refractivity contribution is 6.03. The zero-order valence-corrected chi connectivity index (χ0v) is 36.1. The molecule has 0 bridgehead atoms. The summed E-state index contributed by atoms with van der Waals surface area (Å²) in [6, 6.07) is 90.8. The van der Waals surface area contributed by atoms with Gasteiger partial charge < -0.3 is 4.90 Å². The highest BCUT2D eigenvalue weighted by Gasteiger charge is 2.37. The first-order chi connectivity index (χ1) is 31.5. The van der Waals surface area contributed by atoms with E-state index < -0.39 is 0 Å². The molecule has 0 fully saturated rings. The second-order valence-electron chi connectivity index (χ2n) is 17.2. The number of para-hydroxylation sites is 1. The van der Waals surface area contributed by atoms with Gasteiger partial charge in [0.05, 0.1) is 11.4 Å². The molecule has 10 aromatic rings. The molecule has 0 atom stereocenters. The molecule has 0 radical (unpaired) electrons. The third-order valence-corrected chi connectivity index (χ3v) is 13.1. The van der Waals surface area contributed by atoms with E-state index in [4.69, 9.17) is 0 Å². The summed E-state index contributed by atoms with van der Waals surface area (Å²) < 4.78 is 0. The minimum atomic E-state index is -0.124. The van der Waals surface area contributed by atoms with Crippen LogP contribution in [0.5, 0.6) is 0 Å². The smallest absolute Gasteiger partial charge is 0.0546 e. The van der Waals surface area contributed by atoms with E-state index in [9.17, 15) is 0 Å². The maximum atomic E-state index is 2.49. The topological polar surface area (TPSA) is 3.24 Å². The van der Waals surface area contributed by atoms with Gasteiger partial charge in [-0.25, -0.2) is 0 Å². The van der Waals surface area contributed by atoms with E-state index >= 15 is 0 Å². The van der Waals surface area contributed by atoms with Crippen LogP contribution < -0.4 is 4.90 Å². The molecular formula is C63H47N. The van der Waals surface area contributed by atoms with Gasteiger partial charge in [-0.3, -0.25) is 0 Å². The average molecular weight is 818 g/mol. The molecule has 11 rings (SSSR count). The molecule has 0 heterocycles. The third-order valence-electron chi connectivity index (χ3n) is 13.1. The van der Waals surface area contributed by atoms with Crippen molar-refractivity contribution >= 4 is 17.1 Å². The van der Waals surface area contributed by atoms with Gasteiger partial charge in [-0.15, -0.1) is 0 Å². The fraction of sp³-hybridized carbons (Fsp3) is 0.0476. The maximum Gasteiger partial charge on any atom is 0.0546 e. The van der Waals surface area contributed by atoms with Crippen LogP contribution in [0.25, 0.3) is 77.9 Å². The van der Waals surface area contributed by atoms with Gasteiger partial charge in [-0.1, -0.05) is 238 Å². The first-order valence-corrected chi connectivity index (χ1v) is 22.3. The summed E-state index contributed by atoms with van der Waals surface area (Å²) in [4.78, 5) is 2.49. The lowest BCUT2D eigenvalue weighted by Crippen LogP contribution is -2.16. The van der Waals surface area contributed by atoms with Gasteiger partial charge in [0, 0.05) is 22.2 Å². The normalized spacial score (nSPS) is 12.3. The van der Waals surface area contributed by atoms with Gasteiger partial charge in [0.15, 0.2) is 0 Å². The van der Waals surface area contributed by atoms with Gasteiger partial charge in [0.2, 0.25) is 0 Å². The molecule has 0 aliphatic heterocycles. The fourth-order valence-electron chi connectivity index (χ4n) is 10.1. The average Bonchev–Trinajstić information content (AvgIpc) is 3.61. The number of nitrogens with zero attached hydrogens (tertiary/aromatic N) is 1. The Morgan fingerprint density at radius 2 is 0.672 bits per heavy atom. The molecule has 1 heteroatoms. The fourth-order valence-corrected chi connectivity index (χ4v) is 10.1. The molecule has 304 valence electrons. The van der Waals surface area contributed by atoms with Crippen LogP contribution in [0.1, 0.15) is 25.0 Å². The Kier molecular flexibility index (Phi) is 9.94. The van der Waals surface area contributed by atoms with E-state index in [2.05, 4.69) is 267 Å². The van der Waals surface area contributed by atoms with E-state index in [1.54, 1.807) is 0 Å². The van der Waals surface area contributed by atoms with E-state index in [0.717, 1.165) is 28.2 Å². The summed E-state index contributed by atoms with van der Waals surface area (Å²) >= 11 is 0. The summed E-state index contributed by atoms with van der Waals surface area (Å²) in [6.07, 6.45) is 0. The van der Waals surface area contributed by atoms with Crippen LogP contribution in [-0.4, -0.2) is 0 Å².